The Labute approximate surface area is 89.1 Å². The molecule has 78 valence electrons. The summed E-state index contributed by atoms with van der Waals surface area (Å²) in [4.78, 5) is 0. The lowest BCUT2D eigenvalue weighted by Crippen LogP contribution is -2.25. The Morgan fingerprint density at radius 1 is 1.29 bits per heavy atom. The van der Waals surface area contributed by atoms with Crippen LogP contribution in [0.5, 0.6) is 0 Å². The topological polar surface area (TPSA) is 46.2 Å². The van der Waals surface area contributed by atoms with Crippen molar-refractivity contribution in [1.29, 1.82) is 0 Å². The number of sulfonamides is 1. The van der Waals surface area contributed by atoms with E-state index in [1.807, 2.05) is 0 Å². The van der Waals surface area contributed by atoms with Gasteiger partial charge in [0.05, 0.1) is 6.26 Å². The van der Waals surface area contributed by atoms with Gasteiger partial charge in [0.15, 0.2) is 0 Å². The van der Waals surface area contributed by atoms with Crippen LogP contribution in [-0.2, 0) is 10.0 Å². The molecule has 0 saturated carbocycles. The van der Waals surface area contributed by atoms with Gasteiger partial charge in [-0.2, -0.15) is 0 Å². The third-order valence-electron chi connectivity index (χ3n) is 1.76. The van der Waals surface area contributed by atoms with Gasteiger partial charge in [-0.25, -0.2) is 13.1 Å². The molecule has 14 heavy (non-hydrogen) atoms. The minimum Gasteiger partial charge on any atom is -0.213 e. The summed E-state index contributed by atoms with van der Waals surface area (Å²) in [5, 5.41) is 0.639. The highest BCUT2D eigenvalue weighted by atomic mass is 35.5. The Balaban J connectivity index is 2.80. The molecule has 0 unspecified atom stereocenters. The second-order valence-corrected chi connectivity index (χ2v) is 5.38. The second-order valence-electron chi connectivity index (χ2n) is 3.16. The van der Waals surface area contributed by atoms with Crippen LogP contribution in [0.4, 0.5) is 0 Å². The molecule has 5 heteroatoms. The van der Waals surface area contributed by atoms with E-state index in [9.17, 15) is 8.42 Å². The molecule has 0 aliphatic carbocycles. The maximum Gasteiger partial charge on any atom is 0.209 e. The summed E-state index contributed by atoms with van der Waals surface area (Å²) in [6.45, 7) is 1.78. The highest BCUT2D eigenvalue weighted by molar-refractivity contribution is 7.88. The lowest BCUT2D eigenvalue weighted by atomic mass is 10.1. The smallest absolute Gasteiger partial charge is 0.209 e. The molecule has 0 amide bonds. The summed E-state index contributed by atoms with van der Waals surface area (Å²) in [5.41, 5.74) is 0.889. The Morgan fingerprint density at radius 2 is 1.79 bits per heavy atom. The highest BCUT2D eigenvalue weighted by Gasteiger charge is 2.09. The summed E-state index contributed by atoms with van der Waals surface area (Å²) in [6, 6.07) is 6.83. The molecule has 0 bridgehead atoms. The van der Waals surface area contributed by atoms with Crippen molar-refractivity contribution < 1.29 is 8.42 Å². The van der Waals surface area contributed by atoms with E-state index in [4.69, 9.17) is 11.6 Å². The molecule has 0 aliphatic heterocycles. The maximum atomic E-state index is 10.9. The zero-order valence-electron chi connectivity index (χ0n) is 7.99. The molecule has 0 fully saturated rings. The van der Waals surface area contributed by atoms with Gasteiger partial charge in [0.25, 0.3) is 0 Å². The summed E-state index contributed by atoms with van der Waals surface area (Å²) >= 11 is 5.71. The summed E-state index contributed by atoms with van der Waals surface area (Å²) in [6.07, 6.45) is 1.14. The molecule has 3 nitrogen and oxygen atoms in total. The Kier molecular flexibility index (Phi) is 3.53. The van der Waals surface area contributed by atoms with Crippen molar-refractivity contribution in [3.8, 4) is 0 Å². The van der Waals surface area contributed by atoms with Gasteiger partial charge in [0.2, 0.25) is 10.0 Å². The maximum absolute atomic E-state index is 10.9. The molecule has 0 radical (unpaired) electrons. The molecule has 0 aliphatic rings. The van der Waals surface area contributed by atoms with Gasteiger partial charge in [-0.1, -0.05) is 23.7 Å². The van der Waals surface area contributed by atoms with Crippen LogP contribution in [0.2, 0.25) is 5.02 Å². The van der Waals surface area contributed by atoms with Gasteiger partial charge in [-0.15, -0.1) is 0 Å². The molecular formula is C9H12ClNO2S. The minimum atomic E-state index is -3.16. The van der Waals surface area contributed by atoms with Crippen LogP contribution in [0, 0.1) is 0 Å². The van der Waals surface area contributed by atoms with Crippen molar-refractivity contribution >= 4 is 21.6 Å². The standard InChI is InChI=1S/C9H12ClNO2S/c1-7(11-14(2,12)13)8-3-5-9(10)6-4-8/h3-7,11H,1-2H3/t7-/m0/s1. The third-order valence-corrected chi connectivity index (χ3v) is 2.79. The Morgan fingerprint density at radius 3 is 2.21 bits per heavy atom. The van der Waals surface area contributed by atoms with Crippen molar-refractivity contribution in [1.82, 2.24) is 4.72 Å². The number of hydrogen-bond acceptors (Lipinski definition) is 2. The average molecular weight is 234 g/mol. The SMILES string of the molecule is C[C@H](NS(C)(=O)=O)c1ccc(Cl)cc1. The van der Waals surface area contributed by atoms with Crippen molar-refractivity contribution in [2.75, 3.05) is 6.26 Å². The summed E-state index contributed by atoms with van der Waals surface area (Å²) < 4.78 is 24.4. The van der Waals surface area contributed by atoms with Crippen molar-refractivity contribution in [3.05, 3.63) is 34.9 Å². The number of hydrogen-bond donors (Lipinski definition) is 1. The number of halogens is 1. The monoisotopic (exact) mass is 233 g/mol. The Bertz CT molecular complexity index is 399. The minimum absolute atomic E-state index is 0.234. The normalized spacial score (nSPS) is 13.9. The molecule has 0 heterocycles. The van der Waals surface area contributed by atoms with Gasteiger partial charge in [0, 0.05) is 11.1 Å². The molecule has 0 aromatic heterocycles. The van der Waals surface area contributed by atoms with Crippen LogP contribution < -0.4 is 4.72 Å². The lowest BCUT2D eigenvalue weighted by molar-refractivity contribution is 0.573. The van der Waals surface area contributed by atoms with Crippen molar-refractivity contribution in [2.45, 2.75) is 13.0 Å². The zero-order valence-corrected chi connectivity index (χ0v) is 9.56. The van der Waals surface area contributed by atoms with E-state index >= 15 is 0 Å². The van der Waals surface area contributed by atoms with E-state index in [1.165, 1.54) is 0 Å². The van der Waals surface area contributed by atoms with Gasteiger partial charge in [-0.3, -0.25) is 0 Å². The molecule has 1 atom stereocenters. The van der Waals surface area contributed by atoms with E-state index < -0.39 is 10.0 Å². The van der Waals surface area contributed by atoms with Gasteiger partial charge >= 0.3 is 0 Å². The molecular weight excluding hydrogens is 222 g/mol. The van der Waals surface area contributed by atoms with Crippen LogP contribution in [0.3, 0.4) is 0 Å². The molecule has 1 rings (SSSR count). The van der Waals surface area contributed by atoms with Crippen LogP contribution in [0.1, 0.15) is 18.5 Å². The second kappa shape index (κ2) is 4.29. The van der Waals surface area contributed by atoms with Crippen LogP contribution in [0.25, 0.3) is 0 Å². The number of benzene rings is 1. The van der Waals surface area contributed by atoms with E-state index in [-0.39, 0.29) is 6.04 Å². The first-order chi connectivity index (χ1) is 6.38. The highest BCUT2D eigenvalue weighted by Crippen LogP contribution is 2.16. The van der Waals surface area contributed by atoms with Gasteiger partial charge in [0.1, 0.15) is 0 Å². The summed E-state index contributed by atoms with van der Waals surface area (Å²) in [5.74, 6) is 0. The van der Waals surface area contributed by atoms with Gasteiger partial charge < -0.3 is 0 Å². The van der Waals surface area contributed by atoms with Crippen molar-refractivity contribution in [3.63, 3.8) is 0 Å². The van der Waals surface area contributed by atoms with Gasteiger partial charge in [-0.05, 0) is 24.6 Å². The Hall–Kier alpha value is -0.580. The number of rotatable bonds is 3. The lowest BCUT2D eigenvalue weighted by Gasteiger charge is -2.12. The van der Waals surface area contributed by atoms with Crippen LogP contribution in [0.15, 0.2) is 24.3 Å². The predicted octanol–water partition coefficient (Wildman–Crippen LogP) is 1.95. The predicted molar refractivity (Wildman–Crippen MR) is 57.8 cm³/mol. The van der Waals surface area contributed by atoms with Crippen LogP contribution >= 0.6 is 11.6 Å². The fraction of sp³-hybridized carbons (Fsp3) is 0.333. The average Bonchev–Trinajstić information content (AvgIpc) is 2.02. The first-order valence-corrected chi connectivity index (χ1v) is 6.38. The molecule has 1 aromatic rings. The quantitative estimate of drug-likeness (QED) is 0.868. The molecule has 1 aromatic carbocycles. The molecule has 1 N–H and O–H groups in total. The third kappa shape index (κ3) is 3.65. The fourth-order valence-corrected chi connectivity index (χ4v) is 2.04. The summed E-state index contributed by atoms with van der Waals surface area (Å²) in [7, 11) is -3.16. The first kappa shape index (κ1) is 11.5. The zero-order chi connectivity index (χ0) is 10.8. The fourth-order valence-electron chi connectivity index (χ4n) is 1.14. The number of nitrogens with one attached hydrogen (secondary N) is 1. The molecule has 0 saturated heterocycles. The van der Waals surface area contributed by atoms with E-state index in [1.54, 1.807) is 31.2 Å². The largest absolute Gasteiger partial charge is 0.213 e. The first-order valence-electron chi connectivity index (χ1n) is 4.11. The van der Waals surface area contributed by atoms with Crippen LogP contribution in [-0.4, -0.2) is 14.7 Å². The van der Waals surface area contributed by atoms with Crippen molar-refractivity contribution in [2.24, 2.45) is 0 Å². The van der Waals surface area contributed by atoms with E-state index in [0.717, 1.165) is 11.8 Å². The molecule has 0 spiro atoms. The van der Waals surface area contributed by atoms with E-state index in [0.29, 0.717) is 5.02 Å². The van der Waals surface area contributed by atoms with E-state index in [2.05, 4.69) is 4.72 Å².